The highest BCUT2D eigenvalue weighted by molar-refractivity contribution is 7.18. The van der Waals surface area contributed by atoms with Crippen LogP contribution in [0.3, 0.4) is 0 Å². The number of rotatable bonds is 6. The van der Waals surface area contributed by atoms with Crippen molar-refractivity contribution in [3.05, 3.63) is 59.6 Å². The van der Waals surface area contributed by atoms with Crippen molar-refractivity contribution in [3.8, 4) is 22.0 Å². The van der Waals surface area contributed by atoms with Crippen molar-refractivity contribution < 1.29 is 4.79 Å². The number of carbonyl (C=O) groups is 1. The molecule has 0 saturated heterocycles. The number of nitrogens with one attached hydrogen (secondary N) is 1. The summed E-state index contributed by atoms with van der Waals surface area (Å²) in [5.74, 6) is 0.151. The number of carbonyl (C=O) groups excluding carboxylic acids is 1. The van der Waals surface area contributed by atoms with Crippen LogP contribution in [0.2, 0.25) is 5.02 Å². The van der Waals surface area contributed by atoms with Gasteiger partial charge in [-0.05, 0) is 35.9 Å². The number of halogens is 1. The number of hydrogen-bond acceptors (Lipinski definition) is 7. The molecule has 0 saturated carbocycles. The maximum absolute atomic E-state index is 12.8. The van der Waals surface area contributed by atoms with Crippen molar-refractivity contribution >= 4 is 34.0 Å². The van der Waals surface area contributed by atoms with Crippen LogP contribution >= 0.6 is 22.9 Å². The lowest BCUT2D eigenvalue weighted by Crippen LogP contribution is -2.27. The Hall–Kier alpha value is -3.17. The van der Waals surface area contributed by atoms with Gasteiger partial charge in [0.15, 0.2) is 6.04 Å². The molecule has 1 amide bonds. The van der Waals surface area contributed by atoms with Crippen molar-refractivity contribution in [1.29, 1.82) is 0 Å². The summed E-state index contributed by atoms with van der Waals surface area (Å²) in [6.45, 7) is 1.88. The molecule has 0 spiro atoms. The van der Waals surface area contributed by atoms with Crippen LogP contribution in [0.15, 0.2) is 54.6 Å². The summed E-state index contributed by atoms with van der Waals surface area (Å²) in [6.07, 6.45) is 0.493. The molecule has 4 aromatic rings. The molecule has 4 rings (SSSR count). The first-order chi connectivity index (χ1) is 14.1. The standard InChI is InChI=1S/C19H16ClN7OS/c1-2-15(27-25-16(22-26-27)12-8-10-14(20)11-9-12)17(28)21-19-24-23-18(29-19)13-6-4-3-5-7-13/h3-11,15H,2H2,1H3,(H,21,24,28). The van der Waals surface area contributed by atoms with E-state index >= 15 is 0 Å². The predicted octanol–water partition coefficient (Wildman–Crippen LogP) is 4.10. The van der Waals surface area contributed by atoms with Crippen molar-refractivity contribution in [3.63, 3.8) is 0 Å². The Morgan fingerprint density at radius 1 is 1.07 bits per heavy atom. The summed E-state index contributed by atoms with van der Waals surface area (Å²) in [5.41, 5.74) is 1.72. The van der Waals surface area contributed by atoms with E-state index in [1.807, 2.05) is 37.3 Å². The van der Waals surface area contributed by atoms with Crippen molar-refractivity contribution in [2.75, 3.05) is 5.32 Å². The molecule has 0 fully saturated rings. The minimum absolute atomic E-state index is 0.275. The number of tetrazole rings is 1. The van der Waals surface area contributed by atoms with Crippen LogP contribution in [0.4, 0.5) is 5.13 Å². The molecule has 0 aliphatic carbocycles. The lowest BCUT2D eigenvalue weighted by atomic mass is 10.2. The monoisotopic (exact) mass is 425 g/mol. The minimum Gasteiger partial charge on any atom is -0.299 e. The van der Waals surface area contributed by atoms with Gasteiger partial charge in [0, 0.05) is 16.1 Å². The lowest BCUT2D eigenvalue weighted by molar-refractivity contribution is -0.120. The van der Waals surface area contributed by atoms with Gasteiger partial charge in [-0.25, -0.2) is 0 Å². The zero-order valence-corrected chi connectivity index (χ0v) is 16.9. The molecule has 0 radical (unpaired) electrons. The second-order valence-corrected chi connectivity index (χ2v) is 7.55. The van der Waals surface area contributed by atoms with Gasteiger partial charge in [0.1, 0.15) is 5.01 Å². The zero-order chi connectivity index (χ0) is 20.2. The Morgan fingerprint density at radius 3 is 2.55 bits per heavy atom. The molecule has 2 aromatic carbocycles. The molecule has 29 heavy (non-hydrogen) atoms. The highest BCUT2D eigenvalue weighted by Crippen LogP contribution is 2.27. The summed E-state index contributed by atoms with van der Waals surface area (Å²) in [7, 11) is 0. The third kappa shape index (κ3) is 4.30. The largest absolute Gasteiger partial charge is 0.299 e. The zero-order valence-electron chi connectivity index (χ0n) is 15.4. The van der Waals surface area contributed by atoms with E-state index in [1.165, 1.54) is 16.1 Å². The molecule has 0 bridgehead atoms. The van der Waals surface area contributed by atoms with Gasteiger partial charge in [0.25, 0.3) is 5.91 Å². The minimum atomic E-state index is -0.618. The number of anilines is 1. The van der Waals surface area contributed by atoms with E-state index in [2.05, 4.69) is 30.9 Å². The molecule has 8 nitrogen and oxygen atoms in total. The second-order valence-electron chi connectivity index (χ2n) is 6.13. The van der Waals surface area contributed by atoms with Gasteiger partial charge in [-0.2, -0.15) is 4.80 Å². The van der Waals surface area contributed by atoms with Crippen LogP contribution in [0.5, 0.6) is 0 Å². The summed E-state index contributed by atoms with van der Waals surface area (Å²) in [4.78, 5) is 14.1. The first-order valence-corrected chi connectivity index (χ1v) is 10.1. The van der Waals surface area contributed by atoms with E-state index in [0.717, 1.165) is 16.1 Å². The smallest absolute Gasteiger partial charge is 0.253 e. The summed E-state index contributed by atoms with van der Waals surface area (Å²) in [6, 6.07) is 16.2. The van der Waals surface area contributed by atoms with Crippen LogP contribution in [-0.2, 0) is 4.79 Å². The number of hydrogen-bond donors (Lipinski definition) is 1. The van der Waals surface area contributed by atoms with Crippen LogP contribution in [0.1, 0.15) is 19.4 Å². The highest BCUT2D eigenvalue weighted by Gasteiger charge is 2.23. The Kier molecular flexibility index (Phi) is 5.59. The van der Waals surface area contributed by atoms with Gasteiger partial charge in [0.2, 0.25) is 11.0 Å². The van der Waals surface area contributed by atoms with E-state index in [0.29, 0.717) is 22.4 Å². The fourth-order valence-electron chi connectivity index (χ4n) is 2.69. The topological polar surface area (TPSA) is 98.5 Å². The molecular formula is C19H16ClN7OS. The van der Waals surface area contributed by atoms with E-state index < -0.39 is 6.04 Å². The Balaban J connectivity index is 1.49. The average molecular weight is 426 g/mol. The number of amides is 1. The third-order valence-corrected chi connectivity index (χ3v) is 5.31. The molecular weight excluding hydrogens is 410 g/mol. The molecule has 1 atom stereocenters. The molecule has 0 aliphatic heterocycles. The summed E-state index contributed by atoms with van der Waals surface area (Å²) >= 11 is 7.22. The van der Waals surface area contributed by atoms with E-state index in [1.54, 1.807) is 24.3 Å². The van der Waals surface area contributed by atoms with E-state index in [-0.39, 0.29) is 5.91 Å². The van der Waals surface area contributed by atoms with Gasteiger partial charge in [-0.15, -0.1) is 20.4 Å². The quantitative estimate of drug-likeness (QED) is 0.499. The Morgan fingerprint density at radius 2 is 1.83 bits per heavy atom. The summed E-state index contributed by atoms with van der Waals surface area (Å²) in [5, 5.41) is 25.2. The first kappa shape index (κ1) is 19.2. The van der Waals surface area contributed by atoms with Gasteiger partial charge in [0.05, 0.1) is 0 Å². The van der Waals surface area contributed by atoms with Gasteiger partial charge >= 0.3 is 0 Å². The maximum atomic E-state index is 12.8. The predicted molar refractivity (Wildman–Crippen MR) is 112 cm³/mol. The SMILES string of the molecule is CCC(C(=O)Nc1nnc(-c2ccccc2)s1)n1nnc(-c2ccc(Cl)cc2)n1. The molecule has 0 aliphatic rings. The molecule has 146 valence electrons. The number of nitrogens with zero attached hydrogens (tertiary/aromatic N) is 6. The molecule has 2 heterocycles. The molecule has 1 unspecified atom stereocenters. The highest BCUT2D eigenvalue weighted by atomic mass is 35.5. The number of aromatic nitrogens is 6. The average Bonchev–Trinajstić information content (AvgIpc) is 3.40. The van der Waals surface area contributed by atoms with E-state index in [9.17, 15) is 4.79 Å². The van der Waals surface area contributed by atoms with Gasteiger partial charge in [-0.1, -0.05) is 60.2 Å². The van der Waals surface area contributed by atoms with Crippen molar-refractivity contribution in [1.82, 2.24) is 30.4 Å². The van der Waals surface area contributed by atoms with Crippen molar-refractivity contribution in [2.24, 2.45) is 0 Å². The fourth-order valence-corrected chi connectivity index (χ4v) is 3.56. The van der Waals surface area contributed by atoms with Crippen LogP contribution < -0.4 is 5.32 Å². The third-order valence-electron chi connectivity index (χ3n) is 4.17. The Labute approximate surface area is 175 Å². The van der Waals surface area contributed by atoms with Gasteiger partial charge < -0.3 is 0 Å². The molecule has 10 heteroatoms. The van der Waals surface area contributed by atoms with Crippen LogP contribution in [-0.4, -0.2) is 36.3 Å². The fraction of sp³-hybridized carbons (Fsp3) is 0.158. The van der Waals surface area contributed by atoms with Gasteiger partial charge in [-0.3, -0.25) is 10.1 Å². The second kappa shape index (κ2) is 8.46. The van der Waals surface area contributed by atoms with E-state index in [4.69, 9.17) is 11.6 Å². The summed E-state index contributed by atoms with van der Waals surface area (Å²) < 4.78 is 0. The molecule has 1 N–H and O–H groups in total. The van der Waals surface area contributed by atoms with Crippen LogP contribution in [0, 0.1) is 0 Å². The normalized spacial score (nSPS) is 11.9. The maximum Gasteiger partial charge on any atom is 0.253 e. The number of benzene rings is 2. The Bertz CT molecular complexity index is 1110. The molecule has 2 aromatic heterocycles. The van der Waals surface area contributed by atoms with Crippen LogP contribution in [0.25, 0.3) is 22.0 Å². The first-order valence-electron chi connectivity index (χ1n) is 8.89. The lowest BCUT2D eigenvalue weighted by Gasteiger charge is -2.11. The van der Waals surface area contributed by atoms with Crippen molar-refractivity contribution in [2.45, 2.75) is 19.4 Å².